The molecule has 2 heterocycles. The first-order valence-electron chi connectivity index (χ1n) is 10.3. The van der Waals surface area contributed by atoms with Crippen LogP contribution in [0.15, 0.2) is 48.5 Å². The summed E-state index contributed by atoms with van der Waals surface area (Å²) in [5.41, 5.74) is 1.93. The molecular formula is C22H28ClN4O2+. The first-order valence-corrected chi connectivity index (χ1v) is 10.6. The molecule has 4 rings (SSSR count). The molecule has 2 N–H and O–H groups in total. The minimum atomic E-state index is 0.231. The van der Waals surface area contributed by atoms with E-state index < -0.39 is 0 Å². The number of para-hydroxylation sites is 3. The molecule has 0 bridgehead atoms. The summed E-state index contributed by atoms with van der Waals surface area (Å²) in [6.45, 7) is 7.14. The molecule has 2 aromatic carbocycles. The summed E-state index contributed by atoms with van der Waals surface area (Å²) in [6, 6.07) is 15.3. The lowest BCUT2D eigenvalue weighted by atomic mass is 10.2. The van der Waals surface area contributed by atoms with Crippen molar-refractivity contribution in [1.82, 2.24) is 4.90 Å². The zero-order chi connectivity index (χ0) is 20.2. The van der Waals surface area contributed by atoms with Gasteiger partial charge in [0, 0.05) is 26.2 Å². The fraction of sp³-hybridized carbons (Fsp3) is 0.409. The molecule has 0 saturated carbocycles. The summed E-state index contributed by atoms with van der Waals surface area (Å²) < 4.78 is 0. The van der Waals surface area contributed by atoms with Crippen molar-refractivity contribution in [2.24, 2.45) is 0 Å². The number of benzene rings is 2. The second-order valence-corrected chi connectivity index (χ2v) is 8.13. The Morgan fingerprint density at radius 1 is 0.862 bits per heavy atom. The van der Waals surface area contributed by atoms with Crippen LogP contribution in [0.4, 0.5) is 11.4 Å². The molecule has 0 aromatic heterocycles. The summed E-state index contributed by atoms with van der Waals surface area (Å²) in [5.74, 6) is 0.554. The number of quaternary nitrogens is 1. The van der Waals surface area contributed by atoms with E-state index in [9.17, 15) is 9.90 Å². The van der Waals surface area contributed by atoms with Crippen LogP contribution in [0.5, 0.6) is 5.75 Å². The van der Waals surface area contributed by atoms with Crippen LogP contribution in [-0.2, 0) is 4.79 Å². The van der Waals surface area contributed by atoms with Gasteiger partial charge in [-0.05, 0) is 24.3 Å². The molecule has 2 aromatic rings. The number of carbonyl (C=O) groups is 1. The van der Waals surface area contributed by atoms with Crippen molar-refractivity contribution in [2.75, 3.05) is 68.7 Å². The van der Waals surface area contributed by atoms with Gasteiger partial charge in [-0.3, -0.25) is 4.79 Å². The SMILES string of the molecule is O=C(C[NH+]1CCN(c2ccccc2O)CC1)N1CCN(c2ccccc2Cl)CC1. The second kappa shape index (κ2) is 8.93. The van der Waals surface area contributed by atoms with Gasteiger partial charge < -0.3 is 24.7 Å². The highest BCUT2D eigenvalue weighted by Crippen LogP contribution is 2.27. The molecule has 0 unspecified atom stereocenters. The monoisotopic (exact) mass is 415 g/mol. The summed E-state index contributed by atoms with van der Waals surface area (Å²) in [4.78, 5) is 20.5. The number of halogens is 1. The van der Waals surface area contributed by atoms with E-state index in [1.807, 2.05) is 47.4 Å². The van der Waals surface area contributed by atoms with Gasteiger partial charge in [-0.2, -0.15) is 0 Å². The molecule has 7 heteroatoms. The number of nitrogens with zero attached hydrogens (tertiary/aromatic N) is 3. The van der Waals surface area contributed by atoms with Gasteiger partial charge in [-0.15, -0.1) is 0 Å². The average Bonchev–Trinajstić information content (AvgIpc) is 2.75. The van der Waals surface area contributed by atoms with Crippen molar-refractivity contribution in [2.45, 2.75) is 0 Å². The van der Waals surface area contributed by atoms with Crippen molar-refractivity contribution < 1.29 is 14.8 Å². The lowest BCUT2D eigenvalue weighted by Crippen LogP contribution is -3.16. The smallest absolute Gasteiger partial charge is 0.277 e. The first kappa shape index (κ1) is 19.9. The summed E-state index contributed by atoms with van der Waals surface area (Å²) >= 11 is 6.31. The van der Waals surface area contributed by atoms with Crippen molar-refractivity contribution in [3.05, 3.63) is 53.6 Å². The van der Waals surface area contributed by atoms with Gasteiger partial charge in [0.1, 0.15) is 5.75 Å². The van der Waals surface area contributed by atoms with Crippen LogP contribution >= 0.6 is 11.6 Å². The largest absolute Gasteiger partial charge is 0.506 e. The molecule has 2 saturated heterocycles. The Hall–Kier alpha value is -2.44. The number of hydrogen-bond donors (Lipinski definition) is 2. The number of anilines is 2. The molecule has 0 aliphatic carbocycles. The molecule has 0 radical (unpaired) electrons. The van der Waals surface area contributed by atoms with E-state index in [1.165, 1.54) is 4.90 Å². The third-order valence-corrected chi connectivity index (χ3v) is 6.24. The molecule has 2 fully saturated rings. The van der Waals surface area contributed by atoms with E-state index in [1.54, 1.807) is 6.07 Å². The van der Waals surface area contributed by atoms with Crippen molar-refractivity contribution in [3.8, 4) is 5.75 Å². The Morgan fingerprint density at radius 3 is 2.10 bits per heavy atom. The van der Waals surface area contributed by atoms with Crippen LogP contribution in [0, 0.1) is 0 Å². The Morgan fingerprint density at radius 2 is 1.45 bits per heavy atom. The van der Waals surface area contributed by atoms with Gasteiger partial charge >= 0.3 is 0 Å². The molecule has 2 aliphatic heterocycles. The normalized spacial score (nSPS) is 18.2. The standard InChI is InChI=1S/C22H27ClN4O2/c23-18-5-1-2-6-19(18)25-13-15-27(16-14-25)22(29)17-24-9-11-26(12-10-24)20-7-3-4-8-21(20)28/h1-8,28H,9-17H2/p+1. The quantitative estimate of drug-likeness (QED) is 0.785. The minimum Gasteiger partial charge on any atom is -0.506 e. The fourth-order valence-corrected chi connectivity index (χ4v) is 4.46. The number of aromatic hydroxyl groups is 1. The maximum absolute atomic E-state index is 12.8. The molecule has 0 spiro atoms. The third kappa shape index (κ3) is 4.60. The Bertz CT molecular complexity index is 846. The van der Waals surface area contributed by atoms with E-state index >= 15 is 0 Å². The van der Waals surface area contributed by atoms with Crippen molar-refractivity contribution in [1.29, 1.82) is 0 Å². The molecule has 6 nitrogen and oxygen atoms in total. The van der Waals surface area contributed by atoms with E-state index in [4.69, 9.17) is 11.6 Å². The highest BCUT2D eigenvalue weighted by Gasteiger charge is 2.28. The van der Waals surface area contributed by atoms with Crippen molar-refractivity contribution >= 4 is 28.9 Å². The highest BCUT2D eigenvalue weighted by molar-refractivity contribution is 6.33. The Balaban J connectivity index is 1.25. The van der Waals surface area contributed by atoms with E-state index in [2.05, 4.69) is 9.80 Å². The van der Waals surface area contributed by atoms with E-state index in [0.717, 1.165) is 68.8 Å². The number of phenols is 1. The average molecular weight is 416 g/mol. The zero-order valence-corrected chi connectivity index (χ0v) is 17.3. The maximum Gasteiger partial charge on any atom is 0.277 e. The van der Waals surface area contributed by atoms with Gasteiger partial charge in [0.2, 0.25) is 0 Å². The van der Waals surface area contributed by atoms with E-state index in [-0.39, 0.29) is 5.91 Å². The van der Waals surface area contributed by atoms with Crippen LogP contribution in [-0.4, -0.2) is 74.8 Å². The lowest BCUT2D eigenvalue weighted by Gasteiger charge is -2.38. The number of rotatable bonds is 4. The number of amides is 1. The van der Waals surface area contributed by atoms with Crippen LogP contribution in [0.1, 0.15) is 0 Å². The number of nitrogens with one attached hydrogen (secondary N) is 1. The Labute approximate surface area is 176 Å². The molecule has 154 valence electrons. The number of phenolic OH excluding ortho intramolecular Hbond substituents is 1. The van der Waals surface area contributed by atoms with Crippen molar-refractivity contribution in [3.63, 3.8) is 0 Å². The molecule has 1 amide bonds. The molecule has 2 aliphatic rings. The minimum absolute atomic E-state index is 0.231. The van der Waals surface area contributed by atoms with Crippen LogP contribution in [0.2, 0.25) is 5.02 Å². The zero-order valence-electron chi connectivity index (χ0n) is 16.6. The summed E-state index contributed by atoms with van der Waals surface area (Å²) in [6.07, 6.45) is 0. The summed E-state index contributed by atoms with van der Waals surface area (Å²) in [7, 11) is 0. The molecular weight excluding hydrogens is 388 g/mol. The molecule has 0 atom stereocenters. The van der Waals surface area contributed by atoms with Gasteiger partial charge in [0.25, 0.3) is 5.91 Å². The highest BCUT2D eigenvalue weighted by atomic mass is 35.5. The molecule has 29 heavy (non-hydrogen) atoms. The lowest BCUT2D eigenvalue weighted by molar-refractivity contribution is -0.892. The van der Waals surface area contributed by atoms with E-state index in [0.29, 0.717) is 12.3 Å². The van der Waals surface area contributed by atoms with Gasteiger partial charge in [0.05, 0.1) is 42.6 Å². The predicted octanol–water partition coefficient (Wildman–Crippen LogP) is 1.10. The van der Waals surface area contributed by atoms with Crippen LogP contribution in [0.25, 0.3) is 0 Å². The van der Waals surface area contributed by atoms with Crippen LogP contribution < -0.4 is 14.7 Å². The predicted molar refractivity (Wildman–Crippen MR) is 116 cm³/mol. The third-order valence-electron chi connectivity index (χ3n) is 5.92. The first-order chi connectivity index (χ1) is 14.1. The van der Waals surface area contributed by atoms with Gasteiger partial charge in [-0.25, -0.2) is 0 Å². The number of hydrogen-bond acceptors (Lipinski definition) is 4. The summed E-state index contributed by atoms with van der Waals surface area (Å²) in [5, 5.41) is 10.8. The topological polar surface area (TPSA) is 51.5 Å². The fourth-order valence-electron chi connectivity index (χ4n) is 4.20. The van der Waals surface area contributed by atoms with Crippen LogP contribution in [0.3, 0.4) is 0 Å². The number of piperazine rings is 2. The second-order valence-electron chi connectivity index (χ2n) is 7.72. The van der Waals surface area contributed by atoms with Gasteiger partial charge in [0.15, 0.2) is 6.54 Å². The maximum atomic E-state index is 12.8. The van der Waals surface area contributed by atoms with Gasteiger partial charge in [-0.1, -0.05) is 35.9 Å². The number of carbonyl (C=O) groups excluding carboxylic acids is 1. The Kier molecular flexibility index (Phi) is 6.11.